The molecular formula is C12H18N4O3. The number of nitrogens with one attached hydrogen (secondary N) is 1. The Labute approximate surface area is 111 Å². The number of amides is 1. The molecule has 1 N–H and O–H groups in total. The number of rotatable bonds is 3. The van der Waals surface area contributed by atoms with E-state index in [2.05, 4.69) is 20.4 Å². The van der Waals surface area contributed by atoms with Crippen molar-refractivity contribution < 1.29 is 14.1 Å². The van der Waals surface area contributed by atoms with Crippen molar-refractivity contribution in [1.29, 1.82) is 0 Å². The maximum absolute atomic E-state index is 11.3. The molecule has 1 aromatic rings. The highest BCUT2D eigenvalue weighted by Crippen LogP contribution is 2.38. The largest absolute Gasteiger partial charge is 0.450 e. The third-order valence-corrected chi connectivity index (χ3v) is 3.90. The van der Waals surface area contributed by atoms with Crippen LogP contribution in [0.4, 0.5) is 10.7 Å². The monoisotopic (exact) mass is 266 g/mol. The van der Waals surface area contributed by atoms with Crippen molar-refractivity contribution >= 4 is 12.0 Å². The molecule has 0 aliphatic carbocycles. The summed E-state index contributed by atoms with van der Waals surface area (Å²) in [5, 5.41) is 6.24. The van der Waals surface area contributed by atoms with E-state index < -0.39 is 6.09 Å². The molecule has 3 fully saturated rings. The average Bonchev–Trinajstić information content (AvgIpc) is 2.88. The highest BCUT2D eigenvalue weighted by atomic mass is 16.5. The highest BCUT2D eigenvalue weighted by molar-refractivity contribution is 5.81. The quantitative estimate of drug-likeness (QED) is 0.891. The van der Waals surface area contributed by atoms with Crippen LogP contribution in [0.15, 0.2) is 4.52 Å². The van der Waals surface area contributed by atoms with Gasteiger partial charge in [0.15, 0.2) is 0 Å². The molecule has 4 rings (SSSR count). The molecule has 104 valence electrons. The lowest BCUT2D eigenvalue weighted by atomic mass is 9.79. The molecule has 7 nitrogen and oxygen atoms in total. The van der Waals surface area contributed by atoms with Crippen LogP contribution < -0.4 is 5.32 Å². The van der Waals surface area contributed by atoms with Crippen molar-refractivity contribution in [2.45, 2.75) is 25.7 Å². The Hall–Kier alpha value is -1.63. The maximum atomic E-state index is 11.3. The summed E-state index contributed by atoms with van der Waals surface area (Å²) in [7, 11) is 0. The van der Waals surface area contributed by atoms with Gasteiger partial charge in [-0.3, -0.25) is 5.32 Å². The molecule has 19 heavy (non-hydrogen) atoms. The zero-order chi connectivity index (χ0) is 13.2. The molecule has 0 radical (unpaired) electrons. The van der Waals surface area contributed by atoms with Gasteiger partial charge in [0.25, 0.3) is 5.95 Å². The first-order chi connectivity index (χ1) is 9.26. The smallest absolute Gasteiger partial charge is 0.414 e. The van der Waals surface area contributed by atoms with Gasteiger partial charge in [0.1, 0.15) is 0 Å². The second-order valence-corrected chi connectivity index (χ2v) is 5.05. The van der Waals surface area contributed by atoms with Crippen molar-refractivity contribution in [1.82, 2.24) is 15.0 Å². The SMILES string of the molecule is CCOC(=O)Nc1noc(C2CN3CCC2CC3)n1. The van der Waals surface area contributed by atoms with E-state index in [9.17, 15) is 4.79 Å². The molecule has 1 aromatic heterocycles. The van der Waals surface area contributed by atoms with E-state index in [0.717, 1.165) is 6.54 Å². The Morgan fingerprint density at radius 2 is 2.32 bits per heavy atom. The fraction of sp³-hybridized carbons (Fsp3) is 0.750. The number of piperidine rings is 3. The average molecular weight is 266 g/mol. The van der Waals surface area contributed by atoms with E-state index in [1.807, 2.05) is 0 Å². The number of hydrogen-bond donors (Lipinski definition) is 1. The van der Waals surface area contributed by atoms with Gasteiger partial charge in [-0.05, 0) is 43.9 Å². The predicted octanol–water partition coefficient (Wildman–Crippen LogP) is 1.45. The number of ether oxygens (including phenoxy) is 1. The van der Waals surface area contributed by atoms with Crippen LogP contribution in [0.1, 0.15) is 31.6 Å². The highest BCUT2D eigenvalue weighted by Gasteiger charge is 2.38. The van der Waals surface area contributed by atoms with Gasteiger partial charge in [-0.25, -0.2) is 4.79 Å². The van der Waals surface area contributed by atoms with Gasteiger partial charge in [-0.15, -0.1) is 0 Å². The second kappa shape index (κ2) is 5.16. The molecule has 0 aromatic carbocycles. The normalized spacial score (nSPS) is 29.2. The lowest BCUT2D eigenvalue weighted by Crippen LogP contribution is -2.46. The van der Waals surface area contributed by atoms with Gasteiger partial charge >= 0.3 is 6.09 Å². The van der Waals surface area contributed by atoms with Crippen LogP contribution in [0.25, 0.3) is 0 Å². The Bertz CT molecular complexity index is 454. The number of hydrogen-bond acceptors (Lipinski definition) is 6. The topological polar surface area (TPSA) is 80.5 Å². The molecule has 1 unspecified atom stereocenters. The summed E-state index contributed by atoms with van der Waals surface area (Å²) in [6.07, 6.45) is 1.82. The Morgan fingerprint density at radius 1 is 1.53 bits per heavy atom. The third-order valence-electron chi connectivity index (χ3n) is 3.90. The molecule has 3 saturated heterocycles. The Morgan fingerprint density at radius 3 is 2.95 bits per heavy atom. The van der Waals surface area contributed by atoms with Crippen molar-refractivity contribution in [3.63, 3.8) is 0 Å². The third kappa shape index (κ3) is 2.56. The van der Waals surface area contributed by atoms with E-state index in [4.69, 9.17) is 9.26 Å². The molecule has 4 heterocycles. The lowest BCUT2D eigenvalue weighted by Gasteiger charge is -2.43. The summed E-state index contributed by atoms with van der Waals surface area (Å²) >= 11 is 0. The van der Waals surface area contributed by atoms with Crippen LogP contribution in [0.2, 0.25) is 0 Å². The summed E-state index contributed by atoms with van der Waals surface area (Å²) in [5.41, 5.74) is 0. The van der Waals surface area contributed by atoms with E-state index in [0.29, 0.717) is 24.3 Å². The van der Waals surface area contributed by atoms with Gasteiger partial charge in [-0.1, -0.05) is 0 Å². The number of nitrogens with zero attached hydrogens (tertiary/aromatic N) is 3. The van der Waals surface area contributed by atoms with Crippen LogP contribution in [-0.4, -0.2) is 47.4 Å². The lowest BCUT2D eigenvalue weighted by molar-refractivity contribution is 0.0727. The molecule has 1 atom stereocenters. The van der Waals surface area contributed by atoms with Gasteiger partial charge in [0, 0.05) is 6.54 Å². The molecular weight excluding hydrogens is 248 g/mol. The standard InChI is InChI=1S/C12H18N4O3/c1-2-18-12(17)14-11-13-10(19-15-11)9-7-16-5-3-8(9)4-6-16/h8-9H,2-7H2,1H3,(H,14,15,17). The van der Waals surface area contributed by atoms with Crippen LogP contribution in [0, 0.1) is 5.92 Å². The van der Waals surface area contributed by atoms with E-state index in [1.54, 1.807) is 6.92 Å². The molecule has 0 spiro atoms. The molecule has 3 aliphatic rings. The molecule has 7 heteroatoms. The number of anilines is 1. The maximum Gasteiger partial charge on any atom is 0.414 e. The van der Waals surface area contributed by atoms with Crippen LogP contribution in [0.5, 0.6) is 0 Å². The Kier molecular flexibility index (Phi) is 3.37. The molecule has 2 bridgehead atoms. The number of carbonyl (C=O) groups is 1. The van der Waals surface area contributed by atoms with E-state index >= 15 is 0 Å². The minimum absolute atomic E-state index is 0.185. The van der Waals surface area contributed by atoms with Crippen molar-refractivity contribution in [3.8, 4) is 0 Å². The first-order valence-electron chi connectivity index (χ1n) is 6.76. The summed E-state index contributed by atoms with van der Waals surface area (Å²) in [6.45, 7) is 5.38. The van der Waals surface area contributed by atoms with Crippen LogP contribution in [0.3, 0.4) is 0 Å². The van der Waals surface area contributed by atoms with Gasteiger partial charge in [-0.2, -0.15) is 4.98 Å². The first kappa shape index (κ1) is 12.4. The molecule has 0 saturated carbocycles. The van der Waals surface area contributed by atoms with Crippen molar-refractivity contribution in [2.75, 3.05) is 31.6 Å². The summed E-state index contributed by atoms with van der Waals surface area (Å²) in [5.74, 6) is 1.74. The van der Waals surface area contributed by atoms with Gasteiger partial charge in [0.2, 0.25) is 5.89 Å². The number of carbonyl (C=O) groups excluding carboxylic acids is 1. The van der Waals surface area contributed by atoms with Gasteiger partial charge in [0.05, 0.1) is 12.5 Å². The summed E-state index contributed by atoms with van der Waals surface area (Å²) in [4.78, 5) is 17.9. The second-order valence-electron chi connectivity index (χ2n) is 5.05. The summed E-state index contributed by atoms with van der Waals surface area (Å²) in [6, 6.07) is 0. The molecule has 3 aliphatic heterocycles. The van der Waals surface area contributed by atoms with Gasteiger partial charge < -0.3 is 14.2 Å². The Balaban J connectivity index is 1.66. The zero-order valence-electron chi connectivity index (χ0n) is 11.0. The van der Waals surface area contributed by atoms with Crippen molar-refractivity contribution in [3.05, 3.63) is 5.89 Å². The fourth-order valence-corrected chi connectivity index (χ4v) is 2.94. The zero-order valence-corrected chi connectivity index (χ0v) is 11.0. The predicted molar refractivity (Wildman–Crippen MR) is 66.8 cm³/mol. The summed E-state index contributed by atoms with van der Waals surface area (Å²) < 4.78 is 10.0. The number of fused-ring (bicyclic) bond motifs is 3. The van der Waals surface area contributed by atoms with Crippen LogP contribution >= 0.6 is 0 Å². The minimum atomic E-state index is -0.552. The van der Waals surface area contributed by atoms with Crippen LogP contribution in [-0.2, 0) is 4.74 Å². The van der Waals surface area contributed by atoms with E-state index in [-0.39, 0.29) is 5.95 Å². The number of aromatic nitrogens is 2. The molecule has 1 amide bonds. The van der Waals surface area contributed by atoms with E-state index in [1.165, 1.54) is 25.9 Å². The fourth-order valence-electron chi connectivity index (χ4n) is 2.94. The first-order valence-corrected chi connectivity index (χ1v) is 6.76. The minimum Gasteiger partial charge on any atom is -0.450 e. The van der Waals surface area contributed by atoms with Crippen molar-refractivity contribution in [2.24, 2.45) is 5.92 Å².